The molecule has 2 aromatic rings. The van der Waals surface area contributed by atoms with E-state index in [0.29, 0.717) is 42.2 Å². The van der Waals surface area contributed by atoms with Crippen LogP contribution in [0.25, 0.3) is 11.0 Å². The van der Waals surface area contributed by atoms with Crippen molar-refractivity contribution >= 4 is 16.9 Å². The highest BCUT2D eigenvalue weighted by Gasteiger charge is 2.39. The molecule has 0 aromatic carbocycles. The fourth-order valence-corrected chi connectivity index (χ4v) is 5.31. The molecule has 0 spiro atoms. The van der Waals surface area contributed by atoms with Gasteiger partial charge < -0.3 is 4.90 Å². The van der Waals surface area contributed by atoms with Crippen LogP contribution in [0, 0.1) is 17.2 Å². The molecule has 33 heavy (non-hydrogen) atoms. The minimum Gasteiger partial charge on any atom is -0.349 e. The maximum atomic E-state index is 13.6. The Bertz CT molecular complexity index is 1100. The number of aromatic nitrogens is 3. The average Bonchev–Trinajstić information content (AvgIpc) is 2.82. The van der Waals surface area contributed by atoms with Crippen LogP contribution in [0.2, 0.25) is 0 Å². The number of anilines is 1. The van der Waals surface area contributed by atoms with Crippen molar-refractivity contribution < 1.29 is 8.78 Å². The van der Waals surface area contributed by atoms with Crippen molar-refractivity contribution in [3.05, 3.63) is 28.3 Å². The van der Waals surface area contributed by atoms with Gasteiger partial charge in [-0.25, -0.2) is 18.6 Å². The smallest absolute Gasteiger partial charge is 0.349 e. The number of rotatable bonds is 5. The van der Waals surface area contributed by atoms with E-state index in [2.05, 4.69) is 39.7 Å². The van der Waals surface area contributed by atoms with E-state index in [4.69, 9.17) is 0 Å². The molecule has 7 nitrogen and oxygen atoms in total. The fraction of sp³-hybridized carbons (Fsp3) is 0.667. The van der Waals surface area contributed by atoms with Gasteiger partial charge in [-0.3, -0.25) is 9.47 Å². The third kappa shape index (κ3) is 4.72. The van der Waals surface area contributed by atoms with Gasteiger partial charge in [-0.05, 0) is 43.7 Å². The lowest BCUT2D eigenvalue weighted by atomic mass is 9.85. The van der Waals surface area contributed by atoms with Crippen LogP contribution in [0.3, 0.4) is 0 Å². The SMILES string of the molecule is CC[C@@H]1CN(c2nc(=O)n(C)c3ccc(C#N)nc23)[C@@H](CC)CN1CC1CCC(F)(F)CC1. The molecule has 1 saturated heterocycles. The van der Waals surface area contributed by atoms with Crippen LogP contribution in [0.4, 0.5) is 14.6 Å². The summed E-state index contributed by atoms with van der Waals surface area (Å²) in [5.74, 6) is -1.68. The van der Waals surface area contributed by atoms with Gasteiger partial charge in [-0.1, -0.05) is 13.8 Å². The van der Waals surface area contributed by atoms with Crippen molar-refractivity contribution in [2.75, 3.05) is 24.5 Å². The number of halogens is 2. The highest BCUT2D eigenvalue weighted by Crippen LogP contribution is 2.37. The number of hydrogen-bond acceptors (Lipinski definition) is 6. The summed E-state index contributed by atoms with van der Waals surface area (Å²) in [7, 11) is 1.66. The second-order valence-corrected chi connectivity index (χ2v) is 9.48. The van der Waals surface area contributed by atoms with Crippen molar-refractivity contribution in [2.45, 2.75) is 70.4 Å². The van der Waals surface area contributed by atoms with Gasteiger partial charge in [0, 0.05) is 51.6 Å². The molecule has 4 rings (SSSR count). The largest absolute Gasteiger partial charge is 0.349 e. The van der Waals surface area contributed by atoms with Crippen LogP contribution < -0.4 is 10.6 Å². The molecule has 0 N–H and O–H groups in total. The first kappa shape index (κ1) is 23.6. The summed E-state index contributed by atoms with van der Waals surface area (Å²) in [6.45, 7) is 6.56. The van der Waals surface area contributed by atoms with Crippen molar-refractivity contribution in [1.82, 2.24) is 19.4 Å². The molecular weight excluding hydrogens is 426 g/mol. The van der Waals surface area contributed by atoms with Crippen LogP contribution in [0.15, 0.2) is 16.9 Å². The van der Waals surface area contributed by atoms with E-state index >= 15 is 0 Å². The molecular formula is C24H32F2N6O. The molecule has 2 atom stereocenters. The third-order valence-electron chi connectivity index (χ3n) is 7.40. The monoisotopic (exact) mass is 458 g/mol. The molecule has 1 aliphatic carbocycles. The van der Waals surface area contributed by atoms with E-state index in [1.807, 2.05) is 0 Å². The zero-order valence-corrected chi connectivity index (χ0v) is 19.6. The summed E-state index contributed by atoms with van der Waals surface area (Å²) in [5.41, 5.74) is 1.15. The summed E-state index contributed by atoms with van der Waals surface area (Å²) in [6.07, 6.45) is 2.88. The van der Waals surface area contributed by atoms with Crippen LogP contribution in [0.5, 0.6) is 0 Å². The lowest BCUT2D eigenvalue weighted by Crippen LogP contribution is -2.59. The number of pyridine rings is 1. The van der Waals surface area contributed by atoms with Gasteiger partial charge in [0.05, 0.1) is 5.52 Å². The minimum absolute atomic E-state index is 0.0122. The zero-order valence-electron chi connectivity index (χ0n) is 19.6. The van der Waals surface area contributed by atoms with Gasteiger partial charge in [-0.15, -0.1) is 0 Å². The summed E-state index contributed by atoms with van der Waals surface area (Å²) >= 11 is 0. The van der Waals surface area contributed by atoms with Crippen LogP contribution in [0.1, 0.15) is 58.1 Å². The minimum atomic E-state index is -2.51. The van der Waals surface area contributed by atoms with Crippen molar-refractivity contribution in [1.29, 1.82) is 5.26 Å². The predicted molar refractivity (Wildman–Crippen MR) is 123 cm³/mol. The number of aryl methyl sites for hydroxylation is 1. The molecule has 2 aliphatic rings. The third-order valence-corrected chi connectivity index (χ3v) is 7.40. The summed E-state index contributed by atoms with van der Waals surface area (Å²) in [4.78, 5) is 26.2. The van der Waals surface area contributed by atoms with Gasteiger partial charge in [0.2, 0.25) is 5.92 Å². The molecule has 178 valence electrons. The molecule has 2 fully saturated rings. The van der Waals surface area contributed by atoms with E-state index in [1.165, 1.54) is 4.57 Å². The molecule has 9 heteroatoms. The maximum absolute atomic E-state index is 13.6. The molecule has 1 aliphatic heterocycles. The summed E-state index contributed by atoms with van der Waals surface area (Å²) in [5, 5.41) is 9.35. The van der Waals surface area contributed by atoms with Gasteiger partial charge in [-0.2, -0.15) is 10.2 Å². The Balaban J connectivity index is 1.64. The normalized spacial score (nSPS) is 24.2. The van der Waals surface area contributed by atoms with Gasteiger partial charge in [0.25, 0.3) is 0 Å². The molecule has 1 saturated carbocycles. The quantitative estimate of drug-likeness (QED) is 0.680. The van der Waals surface area contributed by atoms with E-state index < -0.39 is 5.92 Å². The summed E-state index contributed by atoms with van der Waals surface area (Å²) < 4.78 is 28.7. The highest BCUT2D eigenvalue weighted by atomic mass is 19.3. The molecule has 0 unspecified atom stereocenters. The van der Waals surface area contributed by atoms with Gasteiger partial charge in [0.1, 0.15) is 17.3 Å². The number of alkyl halides is 2. The van der Waals surface area contributed by atoms with Gasteiger partial charge >= 0.3 is 5.69 Å². The number of nitrogens with zero attached hydrogens (tertiary/aromatic N) is 6. The van der Waals surface area contributed by atoms with Crippen LogP contribution in [-0.2, 0) is 7.05 Å². The molecule has 2 aromatic heterocycles. The van der Waals surface area contributed by atoms with Crippen molar-refractivity contribution in [3.63, 3.8) is 0 Å². The van der Waals surface area contributed by atoms with Crippen LogP contribution in [-0.4, -0.2) is 57.1 Å². The van der Waals surface area contributed by atoms with Crippen LogP contribution >= 0.6 is 0 Å². The maximum Gasteiger partial charge on any atom is 0.349 e. The van der Waals surface area contributed by atoms with E-state index in [9.17, 15) is 18.8 Å². The van der Waals surface area contributed by atoms with Crippen molar-refractivity contribution in [3.8, 4) is 6.07 Å². The first-order valence-corrected chi connectivity index (χ1v) is 11.9. The lowest BCUT2D eigenvalue weighted by Gasteiger charge is -2.48. The Hall–Kier alpha value is -2.60. The van der Waals surface area contributed by atoms with E-state index in [-0.39, 0.29) is 36.3 Å². The van der Waals surface area contributed by atoms with Gasteiger partial charge in [0.15, 0.2) is 5.82 Å². The van der Waals surface area contributed by atoms with E-state index in [0.717, 1.165) is 25.9 Å². The first-order valence-electron chi connectivity index (χ1n) is 11.9. The molecule has 3 heterocycles. The topological polar surface area (TPSA) is 78.0 Å². The fourth-order valence-electron chi connectivity index (χ4n) is 5.31. The molecule has 0 amide bonds. The Morgan fingerprint density at radius 3 is 2.45 bits per heavy atom. The zero-order chi connectivity index (χ0) is 23.8. The number of hydrogen-bond donors (Lipinski definition) is 0. The Labute approximate surface area is 193 Å². The predicted octanol–water partition coefficient (Wildman–Crippen LogP) is 3.70. The molecule has 0 bridgehead atoms. The number of piperazine rings is 1. The van der Waals surface area contributed by atoms with Crippen molar-refractivity contribution in [2.24, 2.45) is 13.0 Å². The Morgan fingerprint density at radius 1 is 1.12 bits per heavy atom. The lowest BCUT2D eigenvalue weighted by molar-refractivity contribution is -0.0509. The first-order chi connectivity index (χ1) is 15.8. The highest BCUT2D eigenvalue weighted by molar-refractivity contribution is 5.86. The molecule has 0 radical (unpaired) electrons. The number of nitriles is 1. The number of fused-ring (bicyclic) bond motifs is 1. The Kier molecular flexibility index (Phi) is 6.66. The average molecular weight is 459 g/mol. The second kappa shape index (κ2) is 9.34. The summed E-state index contributed by atoms with van der Waals surface area (Å²) in [6, 6.07) is 5.80. The second-order valence-electron chi connectivity index (χ2n) is 9.48. The van der Waals surface area contributed by atoms with E-state index in [1.54, 1.807) is 19.2 Å². The standard InChI is InChI=1S/C24H32F2N6O/c1-4-18-15-32(19(5-2)14-31(18)13-16-8-10-24(25,26)11-9-16)22-21-20(30(3)23(33)29-22)7-6-17(12-27)28-21/h6-7,16,18-19H,4-5,8-11,13-15H2,1-3H3/t18-,19+/m1/s1. The Morgan fingerprint density at radius 2 is 1.82 bits per heavy atom.